The standard InChI is InChI=1S/C10H16BrNO3/c11-8(7-1-2-7)5-12-10(13)9-6-14-3-4-15-9/h7-9H,1-6H2,(H,12,13). The molecular formula is C10H16BrNO3. The number of halogens is 1. The summed E-state index contributed by atoms with van der Waals surface area (Å²) in [5.74, 6) is 0.689. The van der Waals surface area contributed by atoms with Crippen LogP contribution in [-0.4, -0.2) is 43.2 Å². The van der Waals surface area contributed by atoms with Crippen molar-refractivity contribution in [2.24, 2.45) is 5.92 Å². The number of rotatable bonds is 4. The molecule has 15 heavy (non-hydrogen) atoms. The molecule has 1 N–H and O–H groups in total. The zero-order valence-corrected chi connectivity index (χ0v) is 10.2. The van der Waals surface area contributed by atoms with Crippen LogP contribution in [0.4, 0.5) is 0 Å². The number of carbonyl (C=O) groups excluding carboxylic acids is 1. The molecule has 1 heterocycles. The molecule has 0 spiro atoms. The van der Waals surface area contributed by atoms with Gasteiger partial charge in [0.25, 0.3) is 5.91 Å². The second kappa shape index (κ2) is 5.27. The van der Waals surface area contributed by atoms with Crippen molar-refractivity contribution in [3.63, 3.8) is 0 Å². The topological polar surface area (TPSA) is 47.6 Å². The first kappa shape index (κ1) is 11.4. The van der Waals surface area contributed by atoms with E-state index in [1.807, 2.05) is 0 Å². The molecule has 2 rings (SSSR count). The van der Waals surface area contributed by atoms with Crippen LogP contribution in [0.25, 0.3) is 0 Å². The molecule has 86 valence electrons. The lowest BCUT2D eigenvalue weighted by molar-refractivity contribution is -0.147. The molecule has 1 saturated heterocycles. The summed E-state index contributed by atoms with van der Waals surface area (Å²) in [7, 11) is 0. The van der Waals surface area contributed by atoms with Crippen molar-refractivity contribution in [1.82, 2.24) is 5.32 Å². The summed E-state index contributed by atoms with van der Waals surface area (Å²) < 4.78 is 10.5. The summed E-state index contributed by atoms with van der Waals surface area (Å²) in [5.41, 5.74) is 0. The van der Waals surface area contributed by atoms with E-state index in [1.54, 1.807) is 0 Å². The van der Waals surface area contributed by atoms with Gasteiger partial charge in [-0.3, -0.25) is 4.79 Å². The Kier molecular flexibility index (Phi) is 3.99. The fourth-order valence-corrected chi connectivity index (χ4v) is 2.27. The lowest BCUT2D eigenvalue weighted by Gasteiger charge is -2.22. The van der Waals surface area contributed by atoms with E-state index in [-0.39, 0.29) is 5.91 Å². The highest BCUT2D eigenvalue weighted by Crippen LogP contribution is 2.36. The molecule has 0 aromatic heterocycles. The monoisotopic (exact) mass is 277 g/mol. The fourth-order valence-electron chi connectivity index (χ4n) is 1.58. The van der Waals surface area contributed by atoms with Crippen LogP contribution in [0, 0.1) is 5.92 Å². The Labute approximate surface area is 97.8 Å². The molecule has 1 amide bonds. The highest BCUT2D eigenvalue weighted by atomic mass is 79.9. The first-order valence-electron chi connectivity index (χ1n) is 5.38. The third kappa shape index (κ3) is 3.43. The van der Waals surface area contributed by atoms with Gasteiger partial charge in [-0.1, -0.05) is 15.9 Å². The first-order chi connectivity index (χ1) is 7.27. The van der Waals surface area contributed by atoms with Crippen LogP contribution in [0.3, 0.4) is 0 Å². The summed E-state index contributed by atoms with van der Waals surface area (Å²) >= 11 is 3.57. The zero-order chi connectivity index (χ0) is 10.7. The van der Waals surface area contributed by atoms with Gasteiger partial charge in [-0.2, -0.15) is 0 Å². The molecule has 0 aromatic rings. The number of carbonyl (C=O) groups is 1. The van der Waals surface area contributed by atoms with Crippen LogP contribution in [-0.2, 0) is 14.3 Å². The molecule has 2 unspecified atom stereocenters. The van der Waals surface area contributed by atoms with Crippen molar-refractivity contribution in [2.45, 2.75) is 23.8 Å². The van der Waals surface area contributed by atoms with Gasteiger partial charge in [-0.25, -0.2) is 0 Å². The highest BCUT2D eigenvalue weighted by Gasteiger charge is 2.30. The molecule has 0 aromatic carbocycles. The van der Waals surface area contributed by atoms with Gasteiger partial charge in [-0.05, 0) is 18.8 Å². The third-order valence-corrected chi connectivity index (χ3v) is 3.78. The molecule has 0 radical (unpaired) electrons. The summed E-state index contributed by atoms with van der Waals surface area (Å²) in [4.78, 5) is 12.0. The van der Waals surface area contributed by atoms with Gasteiger partial charge in [0.1, 0.15) is 0 Å². The van der Waals surface area contributed by atoms with Crippen molar-refractivity contribution >= 4 is 21.8 Å². The number of nitrogens with one attached hydrogen (secondary N) is 1. The quantitative estimate of drug-likeness (QED) is 0.770. The first-order valence-corrected chi connectivity index (χ1v) is 6.30. The minimum atomic E-state index is -0.419. The molecule has 1 aliphatic carbocycles. The molecule has 1 aliphatic heterocycles. The summed E-state index contributed by atoms with van der Waals surface area (Å²) in [6.07, 6.45) is 2.13. The van der Waals surface area contributed by atoms with Crippen LogP contribution in [0.15, 0.2) is 0 Å². The predicted molar refractivity (Wildman–Crippen MR) is 59.0 cm³/mol. The maximum absolute atomic E-state index is 11.6. The van der Waals surface area contributed by atoms with Gasteiger partial charge in [0.2, 0.25) is 0 Å². The van der Waals surface area contributed by atoms with Crippen LogP contribution >= 0.6 is 15.9 Å². The van der Waals surface area contributed by atoms with Gasteiger partial charge in [0.15, 0.2) is 6.10 Å². The van der Waals surface area contributed by atoms with Gasteiger partial charge in [0, 0.05) is 11.4 Å². The number of ether oxygens (including phenoxy) is 2. The fraction of sp³-hybridized carbons (Fsp3) is 0.900. The van der Waals surface area contributed by atoms with E-state index in [4.69, 9.17) is 9.47 Å². The van der Waals surface area contributed by atoms with Gasteiger partial charge < -0.3 is 14.8 Å². The van der Waals surface area contributed by atoms with Gasteiger partial charge in [0.05, 0.1) is 19.8 Å². The largest absolute Gasteiger partial charge is 0.376 e. The highest BCUT2D eigenvalue weighted by molar-refractivity contribution is 9.09. The minimum absolute atomic E-state index is 0.0557. The predicted octanol–water partition coefficient (Wildman–Crippen LogP) is 0.691. The van der Waals surface area contributed by atoms with E-state index >= 15 is 0 Å². The van der Waals surface area contributed by atoms with Crippen LogP contribution in [0.1, 0.15) is 12.8 Å². The van der Waals surface area contributed by atoms with Crippen LogP contribution in [0.5, 0.6) is 0 Å². The normalized spacial score (nSPS) is 28.5. The zero-order valence-electron chi connectivity index (χ0n) is 8.58. The van der Waals surface area contributed by atoms with Crippen molar-refractivity contribution in [3.05, 3.63) is 0 Å². The Morgan fingerprint density at radius 2 is 2.27 bits per heavy atom. The lowest BCUT2D eigenvalue weighted by Crippen LogP contribution is -2.44. The number of hydrogen-bond donors (Lipinski definition) is 1. The Morgan fingerprint density at radius 3 is 2.87 bits per heavy atom. The molecule has 2 aliphatic rings. The Bertz CT molecular complexity index is 227. The van der Waals surface area contributed by atoms with E-state index in [2.05, 4.69) is 21.2 Å². The van der Waals surface area contributed by atoms with Crippen molar-refractivity contribution in [2.75, 3.05) is 26.4 Å². The summed E-state index contributed by atoms with van der Waals surface area (Å²) in [6, 6.07) is 0. The van der Waals surface area contributed by atoms with E-state index in [9.17, 15) is 4.79 Å². The Morgan fingerprint density at radius 1 is 1.47 bits per heavy atom. The molecule has 4 nitrogen and oxygen atoms in total. The molecule has 0 bridgehead atoms. The SMILES string of the molecule is O=C(NCC(Br)C1CC1)C1COCCO1. The minimum Gasteiger partial charge on any atom is -0.376 e. The maximum Gasteiger partial charge on any atom is 0.251 e. The van der Waals surface area contributed by atoms with Gasteiger partial charge in [-0.15, -0.1) is 0 Å². The van der Waals surface area contributed by atoms with Gasteiger partial charge >= 0.3 is 0 Å². The van der Waals surface area contributed by atoms with Crippen molar-refractivity contribution in [1.29, 1.82) is 0 Å². The van der Waals surface area contributed by atoms with E-state index < -0.39 is 6.10 Å². The number of amides is 1. The lowest BCUT2D eigenvalue weighted by atomic mass is 10.2. The molecule has 5 heteroatoms. The van der Waals surface area contributed by atoms with Crippen LogP contribution < -0.4 is 5.32 Å². The average molecular weight is 278 g/mol. The summed E-state index contributed by atoms with van der Waals surface area (Å²) in [6.45, 7) is 2.16. The third-order valence-electron chi connectivity index (χ3n) is 2.71. The number of alkyl halides is 1. The average Bonchev–Trinajstić information content (AvgIpc) is 3.10. The van der Waals surface area contributed by atoms with E-state index in [1.165, 1.54) is 12.8 Å². The molecule has 2 fully saturated rings. The molecular weight excluding hydrogens is 262 g/mol. The Balaban J connectivity index is 1.66. The van der Waals surface area contributed by atoms with Crippen molar-refractivity contribution in [3.8, 4) is 0 Å². The van der Waals surface area contributed by atoms with Crippen LogP contribution in [0.2, 0.25) is 0 Å². The van der Waals surface area contributed by atoms with Crippen molar-refractivity contribution < 1.29 is 14.3 Å². The van der Waals surface area contributed by atoms with E-state index in [0.717, 1.165) is 5.92 Å². The maximum atomic E-state index is 11.6. The number of hydrogen-bond acceptors (Lipinski definition) is 3. The smallest absolute Gasteiger partial charge is 0.251 e. The molecule has 2 atom stereocenters. The molecule has 1 saturated carbocycles. The summed E-state index contributed by atoms with van der Waals surface area (Å²) in [5, 5.41) is 2.88. The second-order valence-electron chi connectivity index (χ2n) is 4.03. The second-order valence-corrected chi connectivity index (χ2v) is 5.21. The Hall–Kier alpha value is -0.130. The van der Waals surface area contributed by atoms with E-state index in [0.29, 0.717) is 31.2 Å².